The smallest absolute Gasteiger partial charge is 0.338 e. The molecule has 6 rings (SSSR count). The molecule has 0 saturated heterocycles. The van der Waals surface area contributed by atoms with Gasteiger partial charge in [0, 0.05) is 17.7 Å². The molecule has 0 fully saturated rings. The maximum Gasteiger partial charge on any atom is 0.338 e. The van der Waals surface area contributed by atoms with Crippen molar-refractivity contribution >= 4 is 34.8 Å². The standard InChI is InChI=1S/C32H23N3O6S/c1-2-40-31(37)27-28(20-11-5-3-6-12-20)33-32-34(29(27)21-13-7-4-8-14-21)30(36)26(42-32)19-22-17-18-25(41-22)23-15-9-10-16-24(23)35(38)39/h3-19,29H,2H2,1H3/b26-19-. The lowest BCUT2D eigenvalue weighted by Crippen LogP contribution is -2.39. The Morgan fingerprint density at radius 2 is 1.71 bits per heavy atom. The van der Waals surface area contributed by atoms with Gasteiger partial charge in [-0.05, 0) is 30.7 Å². The molecule has 0 spiro atoms. The molecule has 5 aromatic rings. The SMILES string of the molecule is CCOC(=O)C1=C(c2ccccc2)N=c2s/c(=C\c3ccc(-c4ccccc4[N+](=O)[O-])o3)c(=O)n2C1c1ccccc1. The minimum atomic E-state index is -0.780. The highest BCUT2D eigenvalue weighted by Crippen LogP contribution is 2.35. The highest BCUT2D eigenvalue weighted by molar-refractivity contribution is 7.07. The van der Waals surface area contributed by atoms with Crippen LogP contribution in [-0.4, -0.2) is 22.1 Å². The highest BCUT2D eigenvalue weighted by atomic mass is 32.1. The van der Waals surface area contributed by atoms with Gasteiger partial charge in [-0.25, -0.2) is 9.79 Å². The van der Waals surface area contributed by atoms with Crippen LogP contribution in [0.5, 0.6) is 0 Å². The summed E-state index contributed by atoms with van der Waals surface area (Å²) in [4.78, 5) is 43.7. The van der Waals surface area contributed by atoms with Crippen LogP contribution in [0, 0.1) is 10.1 Å². The molecule has 9 nitrogen and oxygen atoms in total. The van der Waals surface area contributed by atoms with Crippen LogP contribution < -0.4 is 14.9 Å². The molecule has 42 heavy (non-hydrogen) atoms. The Balaban J connectivity index is 1.55. The molecule has 208 valence electrons. The van der Waals surface area contributed by atoms with E-state index in [4.69, 9.17) is 14.1 Å². The predicted molar refractivity (Wildman–Crippen MR) is 158 cm³/mol. The van der Waals surface area contributed by atoms with Crippen LogP contribution in [0.2, 0.25) is 0 Å². The van der Waals surface area contributed by atoms with Gasteiger partial charge in [-0.2, -0.15) is 0 Å². The van der Waals surface area contributed by atoms with Gasteiger partial charge in [0.2, 0.25) is 0 Å². The molecule has 0 saturated carbocycles. The zero-order valence-corrected chi connectivity index (χ0v) is 23.1. The second kappa shape index (κ2) is 11.3. The lowest BCUT2D eigenvalue weighted by Gasteiger charge is -2.25. The summed E-state index contributed by atoms with van der Waals surface area (Å²) >= 11 is 1.17. The molecule has 0 bridgehead atoms. The van der Waals surface area contributed by atoms with E-state index >= 15 is 0 Å². The number of benzene rings is 3. The third-order valence-electron chi connectivity index (χ3n) is 6.76. The molecular formula is C32H23N3O6S. The molecule has 1 aliphatic rings. The second-order valence-corrected chi connectivity index (χ2v) is 10.3. The molecule has 3 heterocycles. The van der Waals surface area contributed by atoms with Crippen molar-refractivity contribution in [3.8, 4) is 11.3 Å². The summed E-state index contributed by atoms with van der Waals surface area (Å²) in [5.74, 6) is 0.0976. The zero-order chi connectivity index (χ0) is 29.2. The maximum atomic E-state index is 14.0. The largest absolute Gasteiger partial charge is 0.463 e. The lowest BCUT2D eigenvalue weighted by molar-refractivity contribution is -0.384. The number of hydrogen-bond donors (Lipinski definition) is 0. The molecule has 1 aliphatic heterocycles. The van der Waals surface area contributed by atoms with Crippen molar-refractivity contribution in [1.82, 2.24) is 4.57 Å². The summed E-state index contributed by atoms with van der Waals surface area (Å²) in [5, 5.41) is 11.5. The molecule has 0 aliphatic carbocycles. The highest BCUT2D eigenvalue weighted by Gasteiger charge is 2.35. The topological polar surface area (TPSA) is 117 Å². The number of esters is 1. The first-order valence-corrected chi connectivity index (χ1v) is 13.9. The fraction of sp³-hybridized carbons (Fsp3) is 0.0938. The number of para-hydroxylation sites is 1. The first-order chi connectivity index (χ1) is 20.5. The van der Waals surface area contributed by atoms with Crippen molar-refractivity contribution in [1.29, 1.82) is 0 Å². The predicted octanol–water partition coefficient (Wildman–Crippen LogP) is 5.10. The van der Waals surface area contributed by atoms with Crippen LogP contribution in [0.25, 0.3) is 23.1 Å². The van der Waals surface area contributed by atoms with Gasteiger partial charge in [-0.3, -0.25) is 19.5 Å². The molecule has 0 N–H and O–H groups in total. The van der Waals surface area contributed by atoms with Crippen LogP contribution in [0.3, 0.4) is 0 Å². The van der Waals surface area contributed by atoms with Crippen molar-refractivity contribution in [2.24, 2.45) is 4.99 Å². The average Bonchev–Trinajstić information content (AvgIpc) is 3.61. The molecule has 2 aromatic heterocycles. The number of thiazole rings is 1. The number of furan rings is 1. The number of rotatable bonds is 7. The Morgan fingerprint density at radius 3 is 2.43 bits per heavy atom. The third-order valence-corrected chi connectivity index (χ3v) is 7.74. The minimum Gasteiger partial charge on any atom is -0.463 e. The Kier molecular flexibility index (Phi) is 7.20. The molecular weight excluding hydrogens is 554 g/mol. The number of carbonyl (C=O) groups excluding carboxylic acids is 1. The molecule has 0 amide bonds. The summed E-state index contributed by atoms with van der Waals surface area (Å²) in [6.07, 6.45) is 1.58. The van der Waals surface area contributed by atoms with Gasteiger partial charge < -0.3 is 9.15 Å². The van der Waals surface area contributed by atoms with E-state index in [0.29, 0.717) is 32.1 Å². The van der Waals surface area contributed by atoms with E-state index in [-0.39, 0.29) is 23.4 Å². The Labute approximate surface area is 243 Å². The Hall–Kier alpha value is -5.35. The van der Waals surface area contributed by atoms with Gasteiger partial charge in [0.15, 0.2) is 4.80 Å². The molecule has 0 radical (unpaired) electrons. The Bertz CT molecular complexity index is 2020. The molecule has 1 atom stereocenters. The lowest BCUT2D eigenvalue weighted by atomic mass is 9.93. The van der Waals surface area contributed by atoms with Crippen LogP contribution in [-0.2, 0) is 9.53 Å². The van der Waals surface area contributed by atoms with Gasteiger partial charge in [0.1, 0.15) is 11.5 Å². The van der Waals surface area contributed by atoms with E-state index < -0.39 is 16.9 Å². The van der Waals surface area contributed by atoms with Crippen molar-refractivity contribution in [3.63, 3.8) is 0 Å². The quantitative estimate of drug-likeness (QED) is 0.151. The van der Waals surface area contributed by atoms with Crippen molar-refractivity contribution in [2.75, 3.05) is 6.61 Å². The van der Waals surface area contributed by atoms with Crippen molar-refractivity contribution < 1.29 is 18.9 Å². The minimum absolute atomic E-state index is 0.0828. The number of aromatic nitrogens is 1. The summed E-state index contributed by atoms with van der Waals surface area (Å²) in [6, 6.07) is 27.4. The van der Waals surface area contributed by atoms with Gasteiger partial charge in [0.05, 0.1) is 38.9 Å². The van der Waals surface area contributed by atoms with Crippen molar-refractivity contribution in [2.45, 2.75) is 13.0 Å². The van der Waals surface area contributed by atoms with E-state index in [0.717, 1.165) is 11.1 Å². The number of nitrogens with zero attached hydrogens (tertiary/aromatic N) is 3. The number of carbonyl (C=O) groups is 1. The molecule has 3 aromatic carbocycles. The van der Waals surface area contributed by atoms with Crippen LogP contribution in [0.4, 0.5) is 5.69 Å². The van der Waals surface area contributed by atoms with Gasteiger partial charge in [-0.1, -0.05) is 84.1 Å². The Morgan fingerprint density at radius 1 is 1.02 bits per heavy atom. The fourth-order valence-electron chi connectivity index (χ4n) is 4.94. The fourth-order valence-corrected chi connectivity index (χ4v) is 5.92. The van der Waals surface area contributed by atoms with Crippen molar-refractivity contribution in [3.05, 3.63) is 149 Å². The first kappa shape index (κ1) is 26.9. The number of hydrogen-bond acceptors (Lipinski definition) is 8. The van der Waals surface area contributed by atoms with E-state index in [1.165, 1.54) is 22.0 Å². The maximum absolute atomic E-state index is 14.0. The van der Waals surface area contributed by atoms with Gasteiger partial charge in [-0.15, -0.1) is 0 Å². The number of fused-ring (bicyclic) bond motifs is 1. The molecule has 10 heteroatoms. The summed E-state index contributed by atoms with van der Waals surface area (Å²) in [6.45, 7) is 1.89. The van der Waals surface area contributed by atoms with E-state index in [2.05, 4.69) is 0 Å². The van der Waals surface area contributed by atoms with E-state index in [1.807, 2.05) is 60.7 Å². The van der Waals surface area contributed by atoms with E-state index in [1.54, 1.807) is 43.3 Å². The first-order valence-electron chi connectivity index (χ1n) is 13.1. The number of nitro benzene ring substituents is 1. The van der Waals surface area contributed by atoms with Crippen LogP contribution >= 0.6 is 11.3 Å². The van der Waals surface area contributed by atoms with Gasteiger partial charge >= 0.3 is 5.97 Å². The summed E-state index contributed by atoms with van der Waals surface area (Å²) in [5.41, 5.74) is 2.05. The number of ether oxygens (including phenoxy) is 1. The normalized spacial score (nSPS) is 14.8. The van der Waals surface area contributed by atoms with Crippen LogP contribution in [0.15, 0.2) is 117 Å². The number of nitro groups is 1. The summed E-state index contributed by atoms with van der Waals surface area (Å²) in [7, 11) is 0. The zero-order valence-electron chi connectivity index (χ0n) is 22.3. The summed E-state index contributed by atoms with van der Waals surface area (Å²) < 4.78 is 13.2. The average molecular weight is 578 g/mol. The van der Waals surface area contributed by atoms with Crippen LogP contribution in [0.1, 0.15) is 29.9 Å². The van der Waals surface area contributed by atoms with E-state index in [9.17, 15) is 19.7 Å². The molecule has 1 unspecified atom stereocenters. The van der Waals surface area contributed by atoms with Gasteiger partial charge in [0.25, 0.3) is 11.2 Å². The second-order valence-electron chi connectivity index (χ2n) is 9.32. The monoisotopic (exact) mass is 577 g/mol. The third kappa shape index (κ3) is 4.88.